The summed E-state index contributed by atoms with van der Waals surface area (Å²) in [4.78, 5) is 13.7. The summed E-state index contributed by atoms with van der Waals surface area (Å²) in [6, 6.07) is 6.28. The van der Waals surface area contributed by atoms with Crippen LogP contribution in [0.3, 0.4) is 0 Å². The Morgan fingerprint density at radius 2 is 1.72 bits per heavy atom. The van der Waals surface area contributed by atoms with Crippen molar-refractivity contribution in [2.24, 2.45) is 17.6 Å². The molecule has 0 aromatic heterocycles. The number of carbonyl (C=O) groups excluding carboxylic acids is 1. The van der Waals surface area contributed by atoms with Crippen molar-refractivity contribution >= 4 is 5.91 Å². The number of hydrogen-bond acceptors (Lipinski definition) is 3. The second kappa shape index (κ2) is 8.65. The van der Waals surface area contributed by atoms with Crippen molar-refractivity contribution in [1.29, 1.82) is 0 Å². The van der Waals surface area contributed by atoms with E-state index in [9.17, 15) is 9.18 Å². The Morgan fingerprint density at radius 3 is 2.32 bits per heavy atom. The van der Waals surface area contributed by atoms with Crippen molar-refractivity contribution in [2.75, 3.05) is 19.6 Å². The molecule has 2 N–H and O–H groups in total. The predicted octanol–water partition coefficient (Wildman–Crippen LogP) is 3.35. The third-order valence-electron chi connectivity index (χ3n) is 5.75. The number of carbonyl (C=O) groups is 1. The largest absolute Gasteiger partial charge is 0.490 e. The molecule has 1 aliphatic heterocycles. The molecule has 2 aliphatic rings. The van der Waals surface area contributed by atoms with Crippen molar-refractivity contribution in [3.8, 4) is 5.75 Å². The summed E-state index contributed by atoms with van der Waals surface area (Å²) in [6.45, 7) is 3.25. The van der Waals surface area contributed by atoms with Gasteiger partial charge >= 0.3 is 0 Å². The van der Waals surface area contributed by atoms with Gasteiger partial charge in [-0.3, -0.25) is 4.79 Å². The van der Waals surface area contributed by atoms with E-state index in [-0.39, 0.29) is 23.7 Å². The molecule has 138 valence electrons. The average Bonchev–Trinajstić information content (AvgIpc) is 2.63. The van der Waals surface area contributed by atoms with Crippen LogP contribution in [0.4, 0.5) is 4.39 Å². The molecular formula is C20H29FN2O2. The molecule has 5 heteroatoms. The van der Waals surface area contributed by atoms with Crippen LogP contribution in [-0.4, -0.2) is 36.5 Å². The Hall–Kier alpha value is -1.62. The molecule has 1 saturated carbocycles. The minimum atomic E-state index is -0.230. The molecule has 0 atom stereocenters. The lowest BCUT2D eigenvalue weighted by atomic mass is 9.80. The van der Waals surface area contributed by atoms with Crippen molar-refractivity contribution in [1.82, 2.24) is 4.90 Å². The number of primary amides is 1. The molecule has 1 saturated heterocycles. The second-order valence-corrected chi connectivity index (χ2v) is 7.52. The van der Waals surface area contributed by atoms with Gasteiger partial charge in [-0.2, -0.15) is 0 Å². The number of amides is 1. The lowest BCUT2D eigenvalue weighted by molar-refractivity contribution is -0.123. The maximum atomic E-state index is 12.9. The van der Waals surface area contributed by atoms with Crippen LogP contribution in [0.15, 0.2) is 24.3 Å². The monoisotopic (exact) mass is 348 g/mol. The van der Waals surface area contributed by atoms with Gasteiger partial charge in [-0.1, -0.05) is 0 Å². The van der Waals surface area contributed by atoms with E-state index in [0.717, 1.165) is 69.8 Å². The Labute approximate surface area is 149 Å². The van der Waals surface area contributed by atoms with E-state index in [0.29, 0.717) is 0 Å². The number of hydrogen-bond donors (Lipinski definition) is 1. The molecule has 0 unspecified atom stereocenters. The highest BCUT2D eigenvalue weighted by atomic mass is 19.1. The van der Waals surface area contributed by atoms with Crippen LogP contribution in [0.2, 0.25) is 0 Å². The first-order valence-corrected chi connectivity index (χ1v) is 9.54. The van der Waals surface area contributed by atoms with Crippen molar-refractivity contribution < 1.29 is 13.9 Å². The van der Waals surface area contributed by atoms with Gasteiger partial charge in [0.2, 0.25) is 5.91 Å². The molecular weight excluding hydrogens is 319 g/mol. The van der Waals surface area contributed by atoms with Crippen LogP contribution in [-0.2, 0) is 4.79 Å². The minimum Gasteiger partial charge on any atom is -0.490 e. The normalized spacial score (nSPS) is 25.6. The van der Waals surface area contributed by atoms with Gasteiger partial charge in [-0.05, 0) is 81.7 Å². The molecule has 1 amide bonds. The van der Waals surface area contributed by atoms with Gasteiger partial charge in [-0.15, -0.1) is 0 Å². The van der Waals surface area contributed by atoms with Gasteiger partial charge in [0.1, 0.15) is 17.7 Å². The Bertz CT molecular complexity index is 547. The van der Waals surface area contributed by atoms with Crippen LogP contribution in [0.1, 0.15) is 44.9 Å². The fraction of sp³-hybridized carbons (Fsp3) is 0.650. The van der Waals surface area contributed by atoms with E-state index in [1.54, 1.807) is 12.1 Å². The first-order valence-electron chi connectivity index (χ1n) is 9.54. The van der Waals surface area contributed by atoms with Crippen molar-refractivity contribution in [2.45, 2.75) is 51.0 Å². The predicted molar refractivity (Wildman–Crippen MR) is 95.7 cm³/mol. The summed E-state index contributed by atoms with van der Waals surface area (Å²) in [7, 11) is 0. The number of rotatable bonds is 6. The van der Waals surface area contributed by atoms with Gasteiger partial charge in [0.15, 0.2) is 0 Å². The Kier molecular flexibility index (Phi) is 6.29. The lowest BCUT2D eigenvalue weighted by Crippen LogP contribution is -2.39. The number of benzene rings is 1. The van der Waals surface area contributed by atoms with Crippen molar-refractivity contribution in [3.63, 3.8) is 0 Å². The van der Waals surface area contributed by atoms with E-state index in [4.69, 9.17) is 10.5 Å². The van der Waals surface area contributed by atoms with Gasteiger partial charge in [-0.25, -0.2) is 4.39 Å². The van der Waals surface area contributed by atoms with E-state index in [2.05, 4.69) is 4.90 Å². The molecule has 1 heterocycles. The maximum Gasteiger partial charge on any atom is 0.220 e. The van der Waals surface area contributed by atoms with E-state index in [1.807, 2.05) is 0 Å². The molecule has 1 aromatic rings. The van der Waals surface area contributed by atoms with Crippen LogP contribution in [0.5, 0.6) is 5.75 Å². The van der Waals surface area contributed by atoms with Crippen LogP contribution in [0.25, 0.3) is 0 Å². The third kappa shape index (κ3) is 5.43. The molecule has 0 radical (unpaired) electrons. The highest BCUT2D eigenvalue weighted by molar-refractivity contribution is 5.76. The first-order chi connectivity index (χ1) is 12.1. The molecule has 3 rings (SSSR count). The van der Waals surface area contributed by atoms with Crippen molar-refractivity contribution in [3.05, 3.63) is 30.1 Å². The number of likely N-dealkylation sites (tertiary alicyclic amines) is 1. The fourth-order valence-electron chi connectivity index (χ4n) is 4.06. The zero-order valence-corrected chi connectivity index (χ0v) is 14.8. The molecule has 0 bridgehead atoms. The van der Waals surface area contributed by atoms with Gasteiger partial charge < -0.3 is 15.4 Å². The van der Waals surface area contributed by atoms with Crippen LogP contribution in [0, 0.1) is 17.7 Å². The maximum absolute atomic E-state index is 12.9. The quantitative estimate of drug-likeness (QED) is 0.858. The summed E-state index contributed by atoms with van der Waals surface area (Å²) < 4.78 is 18.9. The number of halogens is 1. The zero-order valence-electron chi connectivity index (χ0n) is 14.8. The van der Waals surface area contributed by atoms with Gasteiger partial charge in [0.05, 0.1) is 0 Å². The van der Waals surface area contributed by atoms with Crippen LogP contribution >= 0.6 is 0 Å². The van der Waals surface area contributed by atoms with Crippen LogP contribution < -0.4 is 10.5 Å². The molecule has 1 aliphatic carbocycles. The molecule has 2 fully saturated rings. The van der Waals surface area contributed by atoms with E-state index < -0.39 is 0 Å². The fourth-order valence-corrected chi connectivity index (χ4v) is 4.06. The summed E-state index contributed by atoms with van der Waals surface area (Å²) in [5.74, 6) is 1.25. The molecule has 0 spiro atoms. The Balaban J connectivity index is 1.33. The number of ether oxygens (including phenoxy) is 1. The molecule has 4 nitrogen and oxygen atoms in total. The number of nitrogens with two attached hydrogens (primary N) is 1. The standard InChI is InChI=1S/C20H29FN2O2/c21-17-5-7-18(8-6-17)25-19-10-13-23(14-11-19)12-9-15-1-3-16(4-2-15)20(22)24/h5-8,15-16,19H,1-4,9-14H2,(H2,22,24). The highest BCUT2D eigenvalue weighted by Crippen LogP contribution is 2.31. The smallest absolute Gasteiger partial charge is 0.220 e. The van der Waals surface area contributed by atoms with E-state index >= 15 is 0 Å². The summed E-state index contributed by atoms with van der Waals surface area (Å²) >= 11 is 0. The first kappa shape index (κ1) is 18.2. The van der Waals surface area contributed by atoms with Gasteiger partial charge in [0.25, 0.3) is 0 Å². The summed E-state index contributed by atoms with van der Waals surface area (Å²) in [5.41, 5.74) is 5.40. The second-order valence-electron chi connectivity index (χ2n) is 7.52. The van der Waals surface area contributed by atoms with Gasteiger partial charge in [0, 0.05) is 19.0 Å². The average molecular weight is 348 g/mol. The SMILES string of the molecule is NC(=O)C1CCC(CCN2CCC(Oc3ccc(F)cc3)CC2)CC1. The molecule has 25 heavy (non-hydrogen) atoms. The Morgan fingerprint density at radius 1 is 1.08 bits per heavy atom. The zero-order chi connectivity index (χ0) is 17.6. The lowest BCUT2D eigenvalue weighted by Gasteiger charge is -2.34. The summed E-state index contributed by atoms with van der Waals surface area (Å²) in [5, 5.41) is 0. The number of piperidine rings is 1. The minimum absolute atomic E-state index is 0.107. The third-order valence-corrected chi connectivity index (χ3v) is 5.75. The molecule has 1 aromatic carbocycles. The van der Waals surface area contributed by atoms with E-state index in [1.165, 1.54) is 18.6 Å². The topological polar surface area (TPSA) is 55.6 Å². The highest BCUT2D eigenvalue weighted by Gasteiger charge is 2.26. The number of nitrogens with zero attached hydrogens (tertiary/aromatic N) is 1. The summed E-state index contributed by atoms with van der Waals surface area (Å²) in [6.07, 6.45) is 7.69.